The van der Waals surface area contributed by atoms with Gasteiger partial charge in [-0.05, 0) is 26.8 Å². The highest BCUT2D eigenvalue weighted by Gasteiger charge is 2.21. The zero-order valence-corrected chi connectivity index (χ0v) is 13.2. The molecule has 0 saturated heterocycles. The molecule has 0 bridgehead atoms. The van der Waals surface area contributed by atoms with Crippen LogP contribution in [-0.2, 0) is 4.79 Å². The number of aliphatic hydroxyl groups is 1. The van der Waals surface area contributed by atoms with Gasteiger partial charge in [0.1, 0.15) is 5.69 Å². The first-order valence-corrected chi connectivity index (χ1v) is 7.22. The molecule has 0 fully saturated rings. The minimum atomic E-state index is -0.947. The first-order valence-electron chi connectivity index (χ1n) is 7.22. The number of nitrogens with zero attached hydrogens (tertiary/aromatic N) is 2. The summed E-state index contributed by atoms with van der Waals surface area (Å²) in [5, 5.41) is 23.6. The van der Waals surface area contributed by atoms with Crippen LogP contribution in [0.4, 0.5) is 11.4 Å². The summed E-state index contributed by atoms with van der Waals surface area (Å²) in [5.41, 5.74) is -0.568. The number of hydrogen-bond acceptors (Lipinski definition) is 5. The standard InChI is InChI=1S/C15H23N3O4/c1-4-17(11-15(2,3)20)14(19)9-10-16-12-7-5-6-8-13(12)18(21)22/h5-8,16,20H,4,9-11H2,1-3H3. The Kier molecular flexibility index (Phi) is 6.30. The third kappa shape index (κ3) is 5.69. The molecule has 122 valence electrons. The highest BCUT2D eigenvalue weighted by molar-refractivity contribution is 5.77. The topological polar surface area (TPSA) is 95.7 Å². The first-order chi connectivity index (χ1) is 10.2. The normalized spacial score (nSPS) is 11.1. The van der Waals surface area contributed by atoms with E-state index < -0.39 is 10.5 Å². The highest BCUT2D eigenvalue weighted by Crippen LogP contribution is 2.22. The lowest BCUT2D eigenvalue weighted by atomic mass is 10.1. The molecule has 0 radical (unpaired) electrons. The number of benzene rings is 1. The van der Waals surface area contributed by atoms with E-state index in [1.54, 1.807) is 36.9 Å². The molecule has 0 unspecified atom stereocenters. The number of hydrogen-bond donors (Lipinski definition) is 2. The molecule has 1 aromatic rings. The van der Waals surface area contributed by atoms with Crippen LogP contribution in [0.3, 0.4) is 0 Å². The number of para-hydroxylation sites is 2. The molecule has 0 aliphatic heterocycles. The maximum Gasteiger partial charge on any atom is 0.292 e. The van der Waals surface area contributed by atoms with Crippen molar-refractivity contribution >= 4 is 17.3 Å². The highest BCUT2D eigenvalue weighted by atomic mass is 16.6. The van der Waals surface area contributed by atoms with Crippen LogP contribution in [0.15, 0.2) is 24.3 Å². The molecule has 22 heavy (non-hydrogen) atoms. The summed E-state index contributed by atoms with van der Waals surface area (Å²) in [7, 11) is 0. The number of rotatable bonds is 8. The van der Waals surface area contributed by atoms with Crippen molar-refractivity contribution in [3.8, 4) is 0 Å². The van der Waals surface area contributed by atoms with Crippen molar-refractivity contribution < 1.29 is 14.8 Å². The summed E-state index contributed by atoms with van der Waals surface area (Å²) >= 11 is 0. The van der Waals surface area contributed by atoms with Gasteiger partial charge < -0.3 is 15.3 Å². The van der Waals surface area contributed by atoms with Gasteiger partial charge in [-0.25, -0.2) is 0 Å². The van der Waals surface area contributed by atoms with Crippen molar-refractivity contribution in [2.75, 3.05) is 25.0 Å². The van der Waals surface area contributed by atoms with Gasteiger partial charge in [0.2, 0.25) is 5.91 Å². The van der Waals surface area contributed by atoms with E-state index in [1.165, 1.54) is 6.07 Å². The number of nitrogens with one attached hydrogen (secondary N) is 1. The monoisotopic (exact) mass is 309 g/mol. The third-order valence-electron chi connectivity index (χ3n) is 3.07. The van der Waals surface area contributed by atoms with Crippen molar-refractivity contribution in [1.82, 2.24) is 4.90 Å². The zero-order chi connectivity index (χ0) is 16.8. The van der Waals surface area contributed by atoms with Crippen LogP contribution in [0, 0.1) is 10.1 Å². The Morgan fingerprint density at radius 1 is 1.41 bits per heavy atom. The van der Waals surface area contributed by atoms with Gasteiger partial charge in [-0.1, -0.05) is 12.1 Å². The maximum atomic E-state index is 12.1. The molecule has 7 nitrogen and oxygen atoms in total. The Hall–Kier alpha value is -2.15. The summed E-state index contributed by atoms with van der Waals surface area (Å²) in [6.45, 7) is 6.20. The zero-order valence-electron chi connectivity index (χ0n) is 13.2. The number of nitro groups is 1. The van der Waals surface area contributed by atoms with E-state index in [-0.39, 0.29) is 24.6 Å². The van der Waals surface area contributed by atoms with Crippen molar-refractivity contribution in [2.24, 2.45) is 0 Å². The molecule has 1 rings (SSSR count). The lowest BCUT2D eigenvalue weighted by molar-refractivity contribution is -0.384. The van der Waals surface area contributed by atoms with Crippen LogP contribution in [0.5, 0.6) is 0 Å². The van der Waals surface area contributed by atoms with E-state index in [0.29, 0.717) is 18.8 Å². The molecule has 0 aliphatic carbocycles. The molecular formula is C15H23N3O4. The Morgan fingerprint density at radius 2 is 2.05 bits per heavy atom. The van der Waals surface area contributed by atoms with Gasteiger partial charge in [0.05, 0.1) is 10.5 Å². The van der Waals surface area contributed by atoms with Crippen LogP contribution in [0.25, 0.3) is 0 Å². The number of carbonyl (C=O) groups excluding carboxylic acids is 1. The second-order valence-electron chi connectivity index (χ2n) is 5.67. The molecular weight excluding hydrogens is 286 g/mol. The second-order valence-corrected chi connectivity index (χ2v) is 5.67. The summed E-state index contributed by atoms with van der Waals surface area (Å²) in [6.07, 6.45) is 0.204. The van der Waals surface area contributed by atoms with Crippen LogP contribution >= 0.6 is 0 Å². The molecule has 0 aliphatic rings. The summed E-state index contributed by atoms with van der Waals surface area (Å²) in [4.78, 5) is 24.1. The number of nitro benzene ring substituents is 1. The van der Waals surface area contributed by atoms with Crippen molar-refractivity contribution in [3.05, 3.63) is 34.4 Å². The Balaban J connectivity index is 2.56. The van der Waals surface area contributed by atoms with Gasteiger partial charge in [-0.3, -0.25) is 14.9 Å². The Bertz CT molecular complexity index is 526. The third-order valence-corrected chi connectivity index (χ3v) is 3.07. The van der Waals surface area contributed by atoms with Gasteiger partial charge in [0.15, 0.2) is 0 Å². The number of amides is 1. The lowest BCUT2D eigenvalue weighted by Crippen LogP contribution is -2.42. The predicted octanol–water partition coefficient (Wildman–Crippen LogP) is 2.02. The van der Waals surface area contributed by atoms with Crippen molar-refractivity contribution in [3.63, 3.8) is 0 Å². The fourth-order valence-electron chi connectivity index (χ4n) is 2.09. The summed E-state index contributed by atoms with van der Waals surface area (Å²) in [6, 6.07) is 6.31. The van der Waals surface area contributed by atoms with E-state index in [2.05, 4.69) is 5.32 Å². The maximum absolute atomic E-state index is 12.1. The predicted molar refractivity (Wildman–Crippen MR) is 84.8 cm³/mol. The van der Waals surface area contributed by atoms with E-state index >= 15 is 0 Å². The van der Waals surface area contributed by atoms with Gasteiger partial charge in [0.25, 0.3) is 5.69 Å². The van der Waals surface area contributed by atoms with E-state index in [1.807, 2.05) is 6.92 Å². The van der Waals surface area contributed by atoms with E-state index in [9.17, 15) is 20.0 Å². The average Bonchev–Trinajstić information content (AvgIpc) is 2.44. The van der Waals surface area contributed by atoms with Crippen LogP contribution in [0.1, 0.15) is 27.2 Å². The molecule has 0 saturated carbocycles. The fourth-order valence-corrected chi connectivity index (χ4v) is 2.09. The minimum absolute atomic E-state index is 0.0150. The molecule has 1 aromatic carbocycles. The number of carbonyl (C=O) groups is 1. The molecule has 7 heteroatoms. The fraction of sp³-hybridized carbons (Fsp3) is 0.533. The van der Waals surface area contributed by atoms with Gasteiger partial charge in [0, 0.05) is 32.1 Å². The van der Waals surface area contributed by atoms with Gasteiger partial charge >= 0.3 is 0 Å². The van der Waals surface area contributed by atoms with Gasteiger partial charge in [-0.2, -0.15) is 0 Å². The largest absolute Gasteiger partial charge is 0.389 e. The molecule has 1 amide bonds. The second kappa shape index (κ2) is 7.74. The van der Waals surface area contributed by atoms with E-state index in [4.69, 9.17) is 0 Å². The van der Waals surface area contributed by atoms with Crippen LogP contribution in [-0.4, -0.2) is 46.1 Å². The lowest BCUT2D eigenvalue weighted by Gasteiger charge is -2.28. The smallest absolute Gasteiger partial charge is 0.292 e. The summed E-state index contributed by atoms with van der Waals surface area (Å²) < 4.78 is 0. The number of likely N-dealkylation sites (N-methyl/N-ethyl adjacent to an activating group) is 1. The Morgan fingerprint density at radius 3 is 2.59 bits per heavy atom. The summed E-state index contributed by atoms with van der Waals surface area (Å²) in [5.74, 6) is -0.101. The average molecular weight is 309 g/mol. The number of anilines is 1. The van der Waals surface area contributed by atoms with Crippen molar-refractivity contribution in [2.45, 2.75) is 32.8 Å². The molecule has 2 N–H and O–H groups in total. The molecule has 0 atom stereocenters. The SMILES string of the molecule is CCN(CC(C)(C)O)C(=O)CCNc1ccccc1[N+](=O)[O-]. The van der Waals surface area contributed by atoms with Crippen LogP contribution < -0.4 is 5.32 Å². The quantitative estimate of drug-likeness (QED) is 0.566. The van der Waals surface area contributed by atoms with E-state index in [0.717, 1.165) is 0 Å². The minimum Gasteiger partial charge on any atom is -0.389 e. The van der Waals surface area contributed by atoms with Gasteiger partial charge in [-0.15, -0.1) is 0 Å². The molecule has 0 aromatic heterocycles. The van der Waals surface area contributed by atoms with Crippen LogP contribution in [0.2, 0.25) is 0 Å². The molecule has 0 spiro atoms. The molecule has 0 heterocycles. The Labute approximate surface area is 130 Å². The first kappa shape index (κ1) is 17.9. The van der Waals surface area contributed by atoms with Crippen molar-refractivity contribution in [1.29, 1.82) is 0 Å².